The van der Waals surface area contributed by atoms with Gasteiger partial charge in [-0.2, -0.15) is 0 Å². The summed E-state index contributed by atoms with van der Waals surface area (Å²) < 4.78 is 11.8. The number of halogens is 1. The van der Waals surface area contributed by atoms with Gasteiger partial charge in [0, 0.05) is 17.8 Å². The van der Waals surface area contributed by atoms with Crippen molar-refractivity contribution in [3.05, 3.63) is 94.0 Å². The smallest absolute Gasteiger partial charge is 0.176 e. The topological polar surface area (TPSA) is 42.8 Å². The van der Waals surface area contributed by atoms with Gasteiger partial charge < -0.3 is 14.8 Å². The second-order valence-corrected chi connectivity index (χ2v) is 9.29. The van der Waals surface area contributed by atoms with Crippen molar-refractivity contribution in [3.8, 4) is 23.8 Å². The van der Waals surface area contributed by atoms with Crippen LogP contribution in [-0.4, -0.2) is 19.9 Å². The Morgan fingerprint density at radius 1 is 1.18 bits per heavy atom. The van der Waals surface area contributed by atoms with E-state index in [4.69, 9.17) is 15.9 Å². The third-order valence-corrected chi connectivity index (χ3v) is 7.03. The van der Waals surface area contributed by atoms with Gasteiger partial charge in [-0.05, 0) is 75.3 Å². The number of benzene rings is 3. The number of para-hydroxylation sites is 1. The molecule has 1 aliphatic carbocycles. The molecule has 3 aromatic rings. The molecule has 0 radical (unpaired) electrons. The number of terminal acetylenes is 1. The van der Waals surface area contributed by atoms with Crippen LogP contribution in [0, 0.1) is 18.3 Å². The van der Waals surface area contributed by atoms with Crippen molar-refractivity contribution in [1.29, 1.82) is 0 Å². The second kappa shape index (κ2) is 9.79. The van der Waals surface area contributed by atoms with E-state index in [1.54, 1.807) is 7.11 Å². The lowest BCUT2D eigenvalue weighted by Gasteiger charge is -2.37. The molecule has 0 aromatic heterocycles. The molecule has 34 heavy (non-hydrogen) atoms. The number of anilines is 1. The summed E-state index contributed by atoms with van der Waals surface area (Å²) in [5, 5.41) is 3.78. The Hall–Kier alpha value is -3.49. The number of rotatable bonds is 6. The molecule has 3 atom stereocenters. The average Bonchev–Trinajstić information content (AvgIpc) is 3.37. The monoisotopic (exact) mass is 512 g/mol. The number of ether oxygens (including phenoxy) is 2. The van der Waals surface area contributed by atoms with Crippen molar-refractivity contribution in [2.75, 3.05) is 19.0 Å². The minimum atomic E-state index is 0.174. The first kappa shape index (κ1) is 22.3. The predicted octanol–water partition coefficient (Wildman–Crippen LogP) is 7.05. The molecule has 0 spiro atoms. The molecule has 5 rings (SSSR count). The molecule has 0 unspecified atom stereocenters. The Kier molecular flexibility index (Phi) is 6.42. The highest BCUT2D eigenvalue weighted by Gasteiger charge is 2.37. The van der Waals surface area contributed by atoms with Crippen molar-refractivity contribution in [1.82, 2.24) is 0 Å². The molecule has 3 aromatic carbocycles. The van der Waals surface area contributed by atoms with Crippen LogP contribution < -0.4 is 14.8 Å². The third-order valence-electron chi connectivity index (χ3n) is 6.44. The van der Waals surface area contributed by atoms with Crippen LogP contribution in [-0.2, 0) is 0 Å². The lowest BCUT2D eigenvalue weighted by Crippen LogP contribution is -2.28. The maximum absolute atomic E-state index is 5.59. The van der Waals surface area contributed by atoms with Gasteiger partial charge in [-0.25, -0.2) is 0 Å². The number of hydrogen-bond acceptors (Lipinski definition) is 4. The quantitative estimate of drug-likeness (QED) is 0.218. The molecule has 4 nitrogen and oxygen atoms in total. The number of nitrogens with zero attached hydrogens (tertiary/aromatic N) is 1. The van der Waals surface area contributed by atoms with Crippen LogP contribution in [0.1, 0.15) is 35.1 Å². The SMILES string of the molecule is C#CCOc1c(Br)cc(C=Nc2ccc([C@@H]3Nc4ccccc4[C@@H]4C=CC[C@H]43)cc2)cc1OC. The fourth-order valence-electron chi connectivity index (χ4n) is 4.86. The number of methoxy groups -OCH3 is 1. The molecule has 0 fully saturated rings. The van der Waals surface area contributed by atoms with Crippen LogP contribution in [0.2, 0.25) is 0 Å². The van der Waals surface area contributed by atoms with Crippen LogP contribution >= 0.6 is 15.9 Å². The van der Waals surface area contributed by atoms with E-state index in [9.17, 15) is 0 Å². The van der Waals surface area contributed by atoms with Gasteiger partial charge in [0.2, 0.25) is 0 Å². The second-order valence-electron chi connectivity index (χ2n) is 8.44. The van der Waals surface area contributed by atoms with E-state index >= 15 is 0 Å². The van der Waals surface area contributed by atoms with E-state index in [2.05, 4.69) is 92.8 Å². The van der Waals surface area contributed by atoms with E-state index in [0.29, 0.717) is 23.3 Å². The highest BCUT2D eigenvalue weighted by molar-refractivity contribution is 9.10. The molecule has 0 saturated carbocycles. The summed E-state index contributed by atoms with van der Waals surface area (Å²) in [6.07, 6.45) is 12.9. The predicted molar refractivity (Wildman–Crippen MR) is 142 cm³/mol. The van der Waals surface area contributed by atoms with Gasteiger partial charge in [0.15, 0.2) is 11.5 Å². The summed E-state index contributed by atoms with van der Waals surface area (Å²) in [6, 6.07) is 21.2. The van der Waals surface area contributed by atoms with Crippen LogP contribution in [0.5, 0.6) is 11.5 Å². The molecule has 0 amide bonds. The first-order valence-corrected chi connectivity index (χ1v) is 12.1. The third kappa shape index (κ3) is 4.34. The summed E-state index contributed by atoms with van der Waals surface area (Å²) in [6.45, 7) is 0.174. The molecule has 1 aliphatic heterocycles. The number of allylic oxidation sites excluding steroid dienone is 2. The van der Waals surface area contributed by atoms with Gasteiger partial charge in [0.1, 0.15) is 6.61 Å². The number of hydrogen-bond donors (Lipinski definition) is 1. The summed E-state index contributed by atoms with van der Waals surface area (Å²) in [5.41, 5.74) is 5.70. The van der Waals surface area contributed by atoms with Crippen LogP contribution in [0.4, 0.5) is 11.4 Å². The van der Waals surface area contributed by atoms with E-state index in [1.165, 1.54) is 16.8 Å². The first-order valence-electron chi connectivity index (χ1n) is 11.3. The molecular weight excluding hydrogens is 488 g/mol. The van der Waals surface area contributed by atoms with E-state index < -0.39 is 0 Å². The summed E-state index contributed by atoms with van der Waals surface area (Å²) in [5.74, 6) is 4.66. The Balaban J connectivity index is 1.34. The highest BCUT2D eigenvalue weighted by atomic mass is 79.9. The Labute approximate surface area is 208 Å². The van der Waals surface area contributed by atoms with Crippen molar-refractivity contribution < 1.29 is 9.47 Å². The minimum Gasteiger partial charge on any atom is -0.493 e. The van der Waals surface area contributed by atoms with Gasteiger partial charge in [-0.1, -0.05) is 48.4 Å². The zero-order valence-electron chi connectivity index (χ0n) is 18.9. The van der Waals surface area contributed by atoms with E-state index in [1.807, 2.05) is 18.3 Å². The summed E-state index contributed by atoms with van der Waals surface area (Å²) >= 11 is 3.54. The molecular formula is C29H25BrN2O2. The molecule has 5 heteroatoms. The van der Waals surface area contributed by atoms with Crippen LogP contribution in [0.25, 0.3) is 0 Å². The molecule has 0 bridgehead atoms. The average molecular weight is 513 g/mol. The lowest BCUT2D eigenvalue weighted by atomic mass is 9.77. The molecule has 2 aliphatic rings. The Morgan fingerprint density at radius 2 is 2.00 bits per heavy atom. The van der Waals surface area contributed by atoms with Crippen LogP contribution in [0.3, 0.4) is 0 Å². The highest BCUT2D eigenvalue weighted by Crippen LogP contribution is 2.49. The minimum absolute atomic E-state index is 0.174. The lowest BCUT2D eigenvalue weighted by molar-refractivity contribution is 0.329. The van der Waals surface area contributed by atoms with E-state index in [-0.39, 0.29) is 12.6 Å². The largest absolute Gasteiger partial charge is 0.493 e. The first-order chi connectivity index (χ1) is 16.7. The Morgan fingerprint density at radius 3 is 2.79 bits per heavy atom. The van der Waals surface area contributed by atoms with Gasteiger partial charge in [-0.3, -0.25) is 4.99 Å². The normalized spacial score (nSPS) is 20.3. The number of fused-ring (bicyclic) bond motifs is 3. The van der Waals surface area contributed by atoms with Gasteiger partial charge in [0.05, 0.1) is 23.3 Å². The number of aliphatic imine (C=N–C) groups is 1. The van der Waals surface area contributed by atoms with Crippen molar-refractivity contribution in [3.63, 3.8) is 0 Å². The molecule has 0 saturated heterocycles. The maximum Gasteiger partial charge on any atom is 0.176 e. The number of nitrogens with one attached hydrogen (secondary N) is 1. The molecule has 1 N–H and O–H groups in total. The zero-order chi connectivity index (χ0) is 23.5. The fraction of sp³-hybridized carbons (Fsp3) is 0.207. The van der Waals surface area contributed by atoms with Crippen molar-refractivity contribution in [2.45, 2.75) is 18.4 Å². The summed E-state index contributed by atoms with van der Waals surface area (Å²) in [4.78, 5) is 4.67. The van der Waals surface area contributed by atoms with Crippen molar-refractivity contribution in [2.24, 2.45) is 10.9 Å². The van der Waals surface area contributed by atoms with Crippen LogP contribution in [0.15, 0.2) is 82.3 Å². The molecule has 170 valence electrons. The van der Waals surface area contributed by atoms with E-state index in [0.717, 1.165) is 22.1 Å². The fourth-order valence-corrected chi connectivity index (χ4v) is 5.43. The van der Waals surface area contributed by atoms with Gasteiger partial charge in [-0.15, -0.1) is 6.42 Å². The molecule has 1 heterocycles. The maximum atomic E-state index is 5.59. The Bertz CT molecular complexity index is 1290. The van der Waals surface area contributed by atoms with Gasteiger partial charge >= 0.3 is 0 Å². The summed E-state index contributed by atoms with van der Waals surface area (Å²) in [7, 11) is 1.60. The van der Waals surface area contributed by atoms with Gasteiger partial charge in [0.25, 0.3) is 0 Å². The van der Waals surface area contributed by atoms with Crippen molar-refractivity contribution >= 4 is 33.5 Å². The standard InChI is InChI=1S/C29H25BrN2O2/c1-3-15-34-29-25(30)16-19(17-27(29)33-2)18-31-21-13-11-20(12-14-21)28-24-9-6-8-22(24)23-7-4-5-10-26(23)32-28/h1,4-8,10-14,16-18,22,24,28,32H,9,15H2,2H3/t22-,24+,28-/m0/s1. The zero-order valence-corrected chi connectivity index (χ0v) is 20.5.